The van der Waals surface area contributed by atoms with Gasteiger partial charge in [-0.3, -0.25) is 4.79 Å². The van der Waals surface area contributed by atoms with Crippen molar-refractivity contribution in [3.8, 4) is 0 Å². The number of amides is 1. The summed E-state index contributed by atoms with van der Waals surface area (Å²) in [5.41, 5.74) is 1.95. The Morgan fingerprint density at radius 2 is 2.00 bits per heavy atom. The van der Waals surface area contributed by atoms with Crippen molar-refractivity contribution in [3.05, 3.63) is 24.3 Å². The lowest BCUT2D eigenvalue weighted by molar-refractivity contribution is -0.115. The van der Waals surface area contributed by atoms with E-state index in [1.165, 1.54) is 12.8 Å². The molecular formula is C17H27N3O2. The minimum Gasteiger partial charge on any atom is -0.378 e. The maximum Gasteiger partial charge on any atom is 0.238 e. The highest BCUT2D eigenvalue weighted by molar-refractivity contribution is 5.95. The standard InChI is InChI=1S/C17H27N3O2/c1-2-3-6-9-18-14-17(21)19-15-7-4-5-8-16(15)20-10-12-22-13-11-20/h4-5,7-8,18H,2-3,6,9-14H2,1H3,(H,19,21). The molecule has 0 radical (unpaired) electrons. The van der Waals surface area contributed by atoms with Gasteiger partial charge >= 0.3 is 0 Å². The van der Waals surface area contributed by atoms with E-state index in [9.17, 15) is 4.79 Å². The highest BCUT2D eigenvalue weighted by Gasteiger charge is 2.15. The van der Waals surface area contributed by atoms with Crippen LogP contribution in [0.4, 0.5) is 11.4 Å². The number of carbonyl (C=O) groups excluding carboxylic acids is 1. The van der Waals surface area contributed by atoms with Crippen LogP contribution in [0.2, 0.25) is 0 Å². The average Bonchev–Trinajstić information content (AvgIpc) is 2.56. The van der Waals surface area contributed by atoms with Crippen LogP contribution >= 0.6 is 0 Å². The Morgan fingerprint density at radius 1 is 1.23 bits per heavy atom. The molecule has 0 saturated carbocycles. The van der Waals surface area contributed by atoms with Gasteiger partial charge in [0, 0.05) is 13.1 Å². The number of hydrogen-bond acceptors (Lipinski definition) is 4. The van der Waals surface area contributed by atoms with Gasteiger partial charge < -0.3 is 20.3 Å². The van der Waals surface area contributed by atoms with E-state index in [2.05, 4.69) is 28.5 Å². The van der Waals surface area contributed by atoms with E-state index in [0.29, 0.717) is 6.54 Å². The second kappa shape index (κ2) is 9.43. The highest BCUT2D eigenvalue weighted by atomic mass is 16.5. The molecule has 0 unspecified atom stereocenters. The zero-order chi connectivity index (χ0) is 15.6. The molecule has 5 nitrogen and oxygen atoms in total. The van der Waals surface area contributed by atoms with Crippen LogP contribution in [-0.2, 0) is 9.53 Å². The monoisotopic (exact) mass is 305 g/mol. The Kier molecular flexibility index (Phi) is 7.19. The van der Waals surface area contributed by atoms with Crippen molar-refractivity contribution >= 4 is 17.3 Å². The van der Waals surface area contributed by atoms with Crippen LogP contribution in [0.25, 0.3) is 0 Å². The first-order valence-corrected chi connectivity index (χ1v) is 8.23. The van der Waals surface area contributed by atoms with Gasteiger partial charge in [0.1, 0.15) is 0 Å². The van der Waals surface area contributed by atoms with Crippen molar-refractivity contribution < 1.29 is 9.53 Å². The predicted octanol–water partition coefficient (Wildman–Crippen LogP) is 2.24. The Morgan fingerprint density at radius 3 is 2.77 bits per heavy atom. The van der Waals surface area contributed by atoms with E-state index in [-0.39, 0.29) is 5.91 Å². The van der Waals surface area contributed by atoms with E-state index < -0.39 is 0 Å². The average molecular weight is 305 g/mol. The molecule has 2 rings (SSSR count). The maximum absolute atomic E-state index is 12.1. The van der Waals surface area contributed by atoms with Crippen molar-refractivity contribution in [2.24, 2.45) is 0 Å². The predicted molar refractivity (Wildman–Crippen MR) is 90.5 cm³/mol. The first kappa shape index (κ1) is 16.8. The number of carbonyl (C=O) groups is 1. The van der Waals surface area contributed by atoms with Crippen LogP contribution in [0, 0.1) is 0 Å². The molecule has 2 N–H and O–H groups in total. The van der Waals surface area contributed by atoms with Crippen molar-refractivity contribution in [1.82, 2.24) is 5.32 Å². The first-order valence-electron chi connectivity index (χ1n) is 8.23. The Hall–Kier alpha value is -1.59. The second-order valence-electron chi connectivity index (χ2n) is 5.55. The molecule has 1 aliphatic heterocycles. The normalized spacial score (nSPS) is 14.9. The molecule has 0 spiro atoms. The molecule has 1 aromatic rings. The van der Waals surface area contributed by atoms with Crippen LogP contribution in [-0.4, -0.2) is 45.3 Å². The number of benzene rings is 1. The van der Waals surface area contributed by atoms with E-state index >= 15 is 0 Å². The van der Waals surface area contributed by atoms with E-state index in [4.69, 9.17) is 4.74 Å². The third-order valence-electron chi connectivity index (χ3n) is 3.77. The number of morpholine rings is 1. The van der Waals surface area contributed by atoms with Crippen molar-refractivity contribution in [2.75, 3.05) is 49.6 Å². The lowest BCUT2D eigenvalue weighted by atomic mass is 10.2. The summed E-state index contributed by atoms with van der Waals surface area (Å²) in [7, 11) is 0. The van der Waals surface area contributed by atoms with E-state index in [1.54, 1.807) is 0 Å². The topological polar surface area (TPSA) is 53.6 Å². The van der Waals surface area contributed by atoms with E-state index in [0.717, 1.165) is 50.6 Å². The highest BCUT2D eigenvalue weighted by Crippen LogP contribution is 2.26. The maximum atomic E-state index is 12.1. The molecule has 22 heavy (non-hydrogen) atoms. The fourth-order valence-corrected chi connectivity index (χ4v) is 2.56. The molecule has 1 amide bonds. The van der Waals surface area contributed by atoms with Crippen LogP contribution < -0.4 is 15.5 Å². The van der Waals surface area contributed by atoms with Crippen LogP contribution in [0.3, 0.4) is 0 Å². The number of nitrogens with zero attached hydrogens (tertiary/aromatic N) is 1. The fourth-order valence-electron chi connectivity index (χ4n) is 2.56. The van der Waals surface area contributed by atoms with Gasteiger partial charge in [-0.25, -0.2) is 0 Å². The number of hydrogen-bond donors (Lipinski definition) is 2. The van der Waals surface area contributed by atoms with Crippen molar-refractivity contribution in [1.29, 1.82) is 0 Å². The smallest absolute Gasteiger partial charge is 0.238 e. The molecule has 1 fully saturated rings. The molecule has 122 valence electrons. The van der Waals surface area contributed by atoms with Gasteiger partial charge in [0.2, 0.25) is 5.91 Å². The fraction of sp³-hybridized carbons (Fsp3) is 0.588. The summed E-state index contributed by atoms with van der Waals surface area (Å²) in [6.45, 7) is 6.63. The van der Waals surface area contributed by atoms with Gasteiger partial charge in [0.15, 0.2) is 0 Å². The number of anilines is 2. The Bertz CT molecular complexity index is 459. The summed E-state index contributed by atoms with van der Waals surface area (Å²) in [4.78, 5) is 14.3. The number of rotatable bonds is 8. The summed E-state index contributed by atoms with van der Waals surface area (Å²) in [5.74, 6) is 0.0113. The first-order chi connectivity index (χ1) is 10.8. The third kappa shape index (κ3) is 5.31. The zero-order valence-electron chi connectivity index (χ0n) is 13.4. The number of unbranched alkanes of at least 4 members (excludes halogenated alkanes) is 2. The van der Waals surface area contributed by atoms with Gasteiger partial charge in [-0.15, -0.1) is 0 Å². The quantitative estimate of drug-likeness (QED) is 0.723. The van der Waals surface area contributed by atoms with Gasteiger partial charge in [-0.05, 0) is 25.1 Å². The summed E-state index contributed by atoms with van der Waals surface area (Å²) < 4.78 is 5.39. The molecule has 0 bridgehead atoms. The zero-order valence-corrected chi connectivity index (χ0v) is 13.4. The number of para-hydroxylation sites is 2. The molecule has 5 heteroatoms. The van der Waals surface area contributed by atoms with Crippen LogP contribution in [0.15, 0.2) is 24.3 Å². The molecular weight excluding hydrogens is 278 g/mol. The lowest BCUT2D eigenvalue weighted by Crippen LogP contribution is -2.37. The van der Waals surface area contributed by atoms with Crippen molar-refractivity contribution in [3.63, 3.8) is 0 Å². The van der Waals surface area contributed by atoms with Gasteiger partial charge in [0.25, 0.3) is 0 Å². The Labute approximate surface area is 133 Å². The molecule has 1 aliphatic rings. The SMILES string of the molecule is CCCCCNCC(=O)Nc1ccccc1N1CCOCC1. The Balaban J connectivity index is 1.85. The third-order valence-corrected chi connectivity index (χ3v) is 3.77. The van der Waals surface area contributed by atoms with Gasteiger partial charge in [-0.1, -0.05) is 31.9 Å². The van der Waals surface area contributed by atoms with Crippen LogP contribution in [0.1, 0.15) is 26.2 Å². The van der Waals surface area contributed by atoms with Gasteiger partial charge in [-0.2, -0.15) is 0 Å². The van der Waals surface area contributed by atoms with E-state index in [1.807, 2.05) is 18.2 Å². The minimum absolute atomic E-state index is 0.0113. The summed E-state index contributed by atoms with van der Waals surface area (Å²) in [6.07, 6.45) is 3.52. The summed E-state index contributed by atoms with van der Waals surface area (Å²) in [6, 6.07) is 7.97. The number of ether oxygens (including phenoxy) is 1. The molecule has 0 aromatic heterocycles. The van der Waals surface area contributed by atoms with Gasteiger partial charge in [0.05, 0.1) is 31.1 Å². The number of nitrogens with one attached hydrogen (secondary N) is 2. The summed E-state index contributed by atoms with van der Waals surface area (Å²) in [5, 5.41) is 6.21. The van der Waals surface area contributed by atoms with Crippen molar-refractivity contribution in [2.45, 2.75) is 26.2 Å². The molecule has 0 aliphatic carbocycles. The largest absolute Gasteiger partial charge is 0.378 e. The second-order valence-corrected chi connectivity index (χ2v) is 5.55. The molecule has 1 aromatic carbocycles. The minimum atomic E-state index is 0.0113. The van der Waals surface area contributed by atoms with Crippen LogP contribution in [0.5, 0.6) is 0 Å². The molecule has 1 saturated heterocycles. The molecule has 0 atom stereocenters. The summed E-state index contributed by atoms with van der Waals surface area (Å²) >= 11 is 0. The lowest BCUT2D eigenvalue weighted by Gasteiger charge is -2.30. The molecule has 1 heterocycles.